The zero-order chi connectivity index (χ0) is 20.1. The standard InChI is InChI=1S/C21H24N2O4S/c1-16(24)18-7-6-8-19(15-18)22-21(25)17-9-11-20(12-10-17)28(26,27)23-13-4-2-3-5-14-23/h6-12,15H,2-5,13-14H2,1H3,(H,22,25). The van der Waals surface area contributed by atoms with E-state index in [0.29, 0.717) is 29.9 Å². The highest BCUT2D eigenvalue weighted by molar-refractivity contribution is 7.89. The van der Waals surface area contributed by atoms with Crippen LogP contribution in [-0.4, -0.2) is 37.5 Å². The lowest BCUT2D eigenvalue weighted by Gasteiger charge is -2.20. The summed E-state index contributed by atoms with van der Waals surface area (Å²) in [5, 5.41) is 2.73. The van der Waals surface area contributed by atoms with Crippen LogP contribution in [0.25, 0.3) is 0 Å². The minimum Gasteiger partial charge on any atom is -0.322 e. The topological polar surface area (TPSA) is 83.5 Å². The molecular weight excluding hydrogens is 376 g/mol. The van der Waals surface area contributed by atoms with E-state index in [1.54, 1.807) is 24.3 Å². The Morgan fingerprint density at radius 2 is 1.54 bits per heavy atom. The van der Waals surface area contributed by atoms with Crippen LogP contribution in [0.2, 0.25) is 0 Å². The Labute approximate surface area is 165 Å². The van der Waals surface area contributed by atoms with E-state index in [4.69, 9.17) is 0 Å². The van der Waals surface area contributed by atoms with Crippen molar-refractivity contribution < 1.29 is 18.0 Å². The summed E-state index contributed by atoms with van der Waals surface area (Å²) in [5.41, 5.74) is 1.37. The van der Waals surface area contributed by atoms with Crippen molar-refractivity contribution in [3.05, 3.63) is 59.7 Å². The van der Waals surface area contributed by atoms with Gasteiger partial charge in [0.2, 0.25) is 10.0 Å². The molecule has 0 radical (unpaired) electrons. The third kappa shape index (κ3) is 4.66. The molecule has 148 valence electrons. The van der Waals surface area contributed by atoms with Crippen LogP contribution in [0.3, 0.4) is 0 Å². The highest BCUT2D eigenvalue weighted by Gasteiger charge is 2.25. The Hall–Kier alpha value is -2.51. The first-order valence-electron chi connectivity index (χ1n) is 9.40. The number of hydrogen-bond donors (Lipinski definition) is 1. The molecule has 6 nitrogen and oxygen atoms in total. The fourth-order valence-corrected chi connectivity index (χ4v) is 4.75. The molecule has 0 bridgehead atoms. The number of benzene rings is 2. The van der Waals surface area contributed by atoms with Crippen LogP contribution in [0.15, 0.2) is 53.4 Å². The highest BCUT2D eigenvalue weighted by Crippen LogP contribution is 2.21. The average molecular weight is 401 g/mol. The van der Waals surface area contributed by atoms with Crippen molar-refractivity contribution >= 4 is 27.4 Å². The van der Waals surface area contributed by atoms with Crippen molar-refractivity contribution in [2.75, 3.05) is 18.4 Å². The number of amides is 1. The van der Waals surface area contributed by atoms with E-state index in [2.05, 4.69) is 5.32 Å². The molecule has 7 heteroatoms. The predicted molar refractivity (Wildman–Crippen MR) is 108 cm³/mol. The first kappa shape index (κ1) is 20.2. The predicted octanol–water partition coefficient (Wildman–Crippen LogP) is 3.71. The van der Waals surface area contributed by atoms with Gasteiger partial charge in [-0.2, -0.15) is 4.31 Å². The lowest BCUT2D eigenvalue weighted by molar-refractivity contribution is 0.101. The number of sulfonamides is 1. The first-order valence-corrected chi connectivity index (χ1v) is 10.8. The van der Waals surface area contributed by atoms with Crippen LogP contribution in [0.4, 0.5) is 5.69 Å². The number of hydrogen-bond acceptors (Lipinski definition) is 4. The lowest BCUT2D eigenvalue weighted by Crippen LogP contribution is -2.31. The monoisotopic (exact) mass is 400 g/mol. The van der Waals surface area contributed by atoms with Gasteiger partial charge in [0.05, 0.1) is 4.90 Å². The van der Waals surface area contributed by atoms with E-state index in [1.165, 1.54) is 35.5 Å². The Morgan fingerprint density at radius 3 is 2.14 bits per heavy atom. The zero-order valence-corrected chi connectivity index (χ0v) is 16.7. The van der Waals surface area contributed by atoms with Crippen LogP contribution in [0, 0.1) is 0 Å². The van der Waals surface area contributed by atoms with Crippen LogP contribution in [0.1, 0.15) is 53.3 Å². The van der Waals surface area contributed by atoms with Crippen molar-refractivity contribution in [1.82, 2.24) is 4.31 Å². The molecule has 1 fully saturated rings. The van der Waals surface area contributed by atoms with Gasteiger partial charge >= 0.3 is 0 Å². The maximum atomic E-state index is 12.8. The molecule has 2 aromatic rings. The second-order valence-electron chi connectivity index (χ2n) is 6.93. The number of nitrogens with zero attached hydrogens (tertiary/aromatic N) is 1. The summed E-state index contributed by atoms with van der Waals surface area (Å²) in [4.78, 5) is 24.1. The van der Waals surface area contributed by atoms with Gasteiger partial charge in [-0.1, -0.05) is 25.0 Å². The normalized spacial score (nSPS) is 15.6. The van der Waals surface area contributed by atoms with Gasteiger partial charge in [-0.05, 0) is 56.2 Å². The van der Waals surface area contributed by atoms with Gasteiger partial charge in [-0.15, -0.1) is 0 Å². The number of Topliss-reactive ketones (excluding diaryl/α,β-unsaturated/α-hetero) is 1. The van der Waals surface area contributed by atoms with Gasteiger partial charge in [0.15, 0.2) is 5.78 Å². The van der Waals surface area contributed by atoms with Gasteiger partial charge in [-0.25, -0.2) is 8.42 Å². The van der Waals surface area contributed by atoms with Crippen molar-refractivity contribution in [2.45, 2.75) is 37.5 Å². The number of anilines is 1. The fourth-order valence-electron chi connectivity index (χ4n) is 3.23. The van der Waals surface area contributed by atoms with Crippen LogP contribution in [0.5, 0.6) is 0 Å². The molecule has 28 heavy (non-hydrogen) atoms. The number of ketones is 1. The van der Waals surface area contributed by atoms with Crippen LogP contribution < -0.4 is 5.32 Å². The van der Waals surface area contributed by atoms with Crippen LogP contribution in [-0.2, 0) is 10.0 Å². The molecular formula is C21H24N2O4S. The Bertz CT molecular complexity index is 960. The molecule has 0 atom stereocenters. The fraction of sp³-hybridized carbons (Fsp3) is 0.333. The maximum absolute atomic E-state index is 12.8. The third-order valence-electron chi connectivity index (χ3n) is 4.85. The minimum atomic E-state index is -3.54. The van der Waals surface area contributed by atoms with E-state index >= 15 is 0 Å². The molecule has 0 aromatic heterocycles. The molecule has 1 aliphatic rings. The van der Waals surface area contributed by atoms with Gasteiger partial charge in [0.1, 0.15) is 0 Å². The third-order valence-corrected chi connectivity index (χ3v) is 6.76. The molecule has 1 N–H and O–H groups in total. The van der Waals surface area contributed by atoms with Gasteiger partial charge in [0, 0.05) is 29.9 Å². The van der Waals surface area contributed by atoms with E-state index in [0.717, 1.165) is 25.7 Å². The SMILES string of the molecule is CC(=O)c1cccc(NC(=O)c2ccc(S(=O)(=O)N3CCCCCC3)cc2)c1. The van der Waals surface area contributed by atoms with Crippen molar-refractivity contribution in [3.8, 4) is 0 Å². The molecule has 2 aromatic carbocycles. The van der Waals surface area contributed by atoms with E-state index in [1.807, 2.05) is 0 Å². The van der Waals surface area contributed by atoms with Crippen LogP contribution >= 0.6 is 0 Å². The number of carbonyl (C=O) groups excluding carboxylic acids is 2. The molecule has 1 aliphatic heterocycles. The molecule has 0 spiro atoms. The summed E-state index contributed by atoms with van der Waals surface area (Å²) in [7, 11) is -3.54. The second kappa shape index (κ2) is 8.67. The summed E-state index contributed by atoms with van der Waals surface area (Å²) in [6.07, 6.45) is 3.85. The number of rotatable bonds is 5. The zero-order valence-electron chi connectivity index (χ0n) is 15.8. The summed E-state index contributed by atoms with van der Waals surface area (Å²) >= 11 is 0. The van der Waals surface area contributed by atoms with E-state index < -0.39 is 10.0 Å². The average Bonchev–Trinajstić information content (AvgIpc) is 2.98. The second-order valence-corrected chi connectivity index (χ2v) is 8.87. The Balaban J connectivity index is 1.73. The van der Waals surface area contributed by atoms with Crippen molar-refractivity contribution in [3.63, 3.8) is 0 Å². The first-order chi connectivity index (χ1) is 13.4. The Morgan fingerprint density at radius 1 is 0.893 bits per heavy atom. The minimum absolute atomic E-state index is 0.0841. The number of nitrogens with one attached hydrogen (secondary N) is 1. The largest absolute Gasteiger partial charge is 0.322 e. The summed E-state index contributed by atoms with van der Waals surface area (Å²) in [6.45, 7) is 2.54. The Kier molecular flexibility index (Phi) is 6.26. The highest BCUT2D eigenvalue weighted by atomic mass is 32.2. The van der Waals surface area contributed by atoms with Crippen molar-refractivity contribution in [1.29, 1.82) is 0 Å². The maximum Gasteiger partial charge on any atom is 0.255 e. The van der Waals surface area contributed by atoms with E-state index in [9.17, 15) is 18.0 Å². The van der Waals surface area contributed by atoms with Gasteiger partial charge in [-0.3, -0.25) is 9.59 Å². The molecule has 0 unspecified atom stereocenters. The van der Waals surface area contributed by atoms with Gasteiger partial charge < -0.3 is 5.32 Å². The summed E-state index contributed by atoms with van der Waals surface area (Å²) in [5.74, 6) is -0.446. The summed E-state index contributed by atoms with van der Waals surface area (Å²) in [6, 6.07) is 12.6. The summed E-state index contributed by atoms with van der Waals surface area (Å²) < 4.78 is 27.1. The quantitative estimate of drug-likeness (QED) is 0.776. The number of carbonyl (C=O) groups is 2. The molecule has 0 saturated carbocycles. The molecule has 1 saturated heterocycles. The molecule has 1 heterocycles. The van der Waals surface area contributed by atoms with Crippen molar-refractivity contribution in [2.24, 2.45) is 0 Å². The molecule has 3 rings (SSSR count). The van der Waals surface area contributed by atoms with Gasteiger partial charge in [0.25, 0.3) is 5.91 Å². The lowest BCUT2D eigenvalue weighted by atomic mass is 10.1. The smallest absolute Gasteiger partial charge is 0.255 e. The molecule has 1 amide bonds. The molecule has 0 aliphatic carbocycles. The van der Waals surface area contributed by atoms with E-state index in [-0.39, 0.29) is 16.6 Å².